The normalized spacial score (nSPS) is 30.0. The van der Waals surface area contributed by atoms with Crippen molar-refractivity contribution in [1.29, 1.82) is 0 Å². The van der Waals surface area contributed by atoms with Crippen LogP contribution in [0.15, 0.2) is 0 Å². The van der Waals surface area contributed by atoms with Crippen LogP contribution >= 0.6 is 0 Å². The number of rotatable bonds is 6. The number of methoxy groups -OCH3 is 1. The van der Waals surface area contributed by atoms with Crippen LogP contribution in [-0.2, 0) is 4.74 Å². The molecular formula is C14H29NO. The van der Waals surface area contributed by atoms with E-state index in [4.69, 9.17) is 4.74 Å². The zero-order valence-corrected chi connectivity index (χ0v) is 11.5. The van der Waals surface area contributed by atoms with E-state index in [1.807, 2.05) is 0 Å². The zero-order chi connectivity index (χ0) is 12.0. The highest BCUT2D eigenvalue weighted by molar-refractivity contribution is 4.79. The molecule has 0 heterocycles. The van der Waals surface area contributed by atoms with Crippen molar-refractivity contribution in [1.82, 2.24) is 5.32 Å². The van der Waals surface area contributed by atoms with Crippen LogP contribution < -0.4 is 5.32 Å². The largest absolute Gasteiger partial charge is 0.383 e. The molecule has 2 nitrogen and oxygen atoms in total. The maximum absolute atomic E-state index is 5.07. The van der Waals surface area contributed by atoms with Gasteiger partial charge < -0.3 is 10.1 Å². The summed E-state index contributed by atoms with van der Waals surface area (Å²) >= 11 is 0. The van der Waals surface area contributed by atoms with Gasteiger partial charge >= 0.3 is 0 Å². The van der Waals surface area contributed by atoms with Crippen molar-refractivity contribution in [2.24, 2.45) is 17.8 Å². The van der Waals surface area contributed by atoms with Gasteiger partial charge in [0.2, 0.25) is 0 Å². The van der Waals surface area contributed by atoms with Gasteiger partial charge in [0.15, 0.2) is 0 Å². The van der Waals surface area contributed by atoms with Gasteiger partial charge in [-0.15, -0.1) is 0 Å². The summed E-state index contributed by atoms with van der Waals surface area (Å²) in [5.74, 6) is 2.69. The van der Waals surface area contributed by atoms with Crippen LogP contribution in [0.1, 0.15) is 46.5 Å². The van der Waals surface area contributed by atoms with Crippen molar-refractivity contribution in [3.8, 4) is 0 Å². The van der Waals surface area contributed by atoms with E-state index in [1.165, 1.54) is 25.7 Å². The zero-order valence-electron chi connectivity index (χ0n) is 11.5. The Morgan fingerprint density at radius 1 is 1.19 bits per heavy atom. The first kappa shape index (κ1) is 14.0. The molecule has 2 atom stereocenters. The lowest BCUT2D eigenvalue weighted by molar-refractivity contribution is 0.169. The quantitative estimate of drug-likeness (QED) is 0.704. The molecule has 0 saturated heterocycles. The van der Waals surface area contributed by atoms with Crippen molar-refractivity contribution >= 4 is 0 Å². The second-order valence-corrected chi connectivity index (χ2v) is 5.61. The van der Waals surface area contributed by atoms with Gasteiger partial charge in [0.25, 0.3) is 0 Å². The molecule has 1 aliphatic rings. The number of ether oxygens (including phenoxy) is 1. The lowest BCUT2D eigenvalue weighted by atomic mass is 9.75. The third-order valence-corrected chi connectivity index (χ3v) is 4.37. The van der Waals surface area contributed by atoms with E-state index in [9.17, 15) is 0 Å². The second kappa shape index (κ2) is 7.29. The van der Waals surface area contributed by atoms with Crippen LogP contribution in [0.25, 0.3) is 0 Å². The van der Waals surface area contributed by atoms with Gasteiger partial charge in [-0.25, -0.2) is 0 Å². The van der Waals surface area contributed by atoms with Crippen LogP contribution in [0.5, 0.6) is 0 Å². The molecule has 2 heteroatoms. The minimum absolute atomic E-state index is 0.619. The topological polar surface area (TPSA) is 21.3 Å². The van der Waals surface area contributed by atoms with E-state index < -0.39 is 0 Å². The molecule has 1 fully saturated rings. The molecular weight excluding hydrogens is 198 g/mol. The number of hydrogen-bond acceptors (Lipinski definition) is 2. The molecule has 0 aromatic carbocycles. The predicted molar refractivity (Wildman–Crippen MR) is 69.6 cm³/mol. The fourth-order valence-corrected chi connectivity index (χ4v) is 2.79. The van der Waals surface area contributed by atoms with Crippen LogP contribution in [-0.4, -0.2) is 26.3 Å². The molecule has 0 aliphatic heterocycles. The second-order valence-electron chi connectivity index (χ2n) is 5.61. The predicted octanol–water partition coefficient (Wildman–Crippen LogP) is 3.07. The summed E-state index contributed by atoms with van der Waals surface area (Å²) in [6, 6.07) is 0.619. The Hall–Kier alpha value is -0.0800. The molecule has 16 heavy (non-hydrogen) atoms. The van der Waals surface area contributed by atoms with E-state index in [0.29, 0.717) is 6.04 Å². The summed E-state index contributed by atoms with van der Waals surface area (Å²) in [6.45, 7) is 8.91. The molecule has 0 bridgehead atoms. The first-order valence-corrected chi connectivity index (χ1v) is 6.87. The SMILES string of the molecule is COCCNC(C)C(C)C1CCC(C)CC1. The summed E-state index contributed by atoms with van der Waals surface area (Å²) in [5.41, 5.74) is 0. The Bertz CT molecular complexity index is 176. The third kappa shape index (κ3) is 4.42. The van der Waals surface area contributed by atoms with E-state index in [0.717, 1.165) is 30.9 Å². The average Bonchev–Trinajstić information content (AvgIpc) is 2.29. The summed E-state index contributed by atoms with van der Waals surface area (Å²) in [6.07, 6.45) is 5.72. The number of nitrogens with one attached hydrogen (secondary N) is 1. The molecule has 1 saturated carbocycles. The Labute approximate surface area is 101 Å². The van der Waals surface area contributed by atoms with Crippen molar-refractivity contribution in [3.63, 3.8) is 0 Å². The van der Waals surface area contributed by atoms with E-state index in [1.54, 1.807) is 7.11 Å². The van der Waals surface area contributed by atoms with Crippen molar-refractivity contribution in [2.75, 3.05) is 20.3 Å². The Morgan fingerprint density at radius 3 is 2.38 bits per heavy atom. The van der Waals surface area contributed by atoms with Gasteiger partial charge in [0.05, 0.1) is 6.61 Å². The van der Waals surface area contributed by atoms with Gasteiger partial charge in [-0.1, -0.05) is 26.7 Å². The highest BCUT2D eigenvalue weighted by atomic mass is 16.5. The fourth-order valence-electron chi connectivity index (χ4n) is 2.79. The molecule has 0 amide bonds. The molecule has 1 N–H and O–H groups in total. The molecule has 0 radical (unpaired) electrons. The summed E-state index contributed by atoms with van der Waals surface area (Å²) in [5, 5.41) is 3.57. The lowest BCUT2D eigenvalue weighted by Crippen LogP contribution is -2.38. The third-order valence-electron chi connectivity index (χ3n) is 4.37. The maximum Gasteiger partial charge on any atom is 0.0587 e. The van der Waals surface area contributed by atoms with Crippen LogP contribution in [0.4, 0.5) is 0 Å². The van der Waals surface area contributed by atoms with Gasteiger partial charge in [-0.05, 0) is 37.5 Å². The highest BCUT2D eigenvalue weighted by Crippen LogP contribution is 2.34. The Morgan fingerprint density at radius 2 is 1.81 bits per heavy atom. The van der Waals surface area contributed by atoms with E-state index >= 15 is 0 Å². The fraction of sp³-hybridized carbons (Fsp3) is 1.00. The van der Waals surface area contributed by atoms with E-state index in [2.05, 4.69) is 26.1 Å². The van der Waals surface area contributed by atoms with Gasteiger partial charge in [-0.3, -0.25) is 0 Å². The van der Waals surface area contributed by atoms with Gasteiger partial charge in [-0.2, -0.15) is 0 Å². The monoisotopic (exact) mass is 227 g/mol. The molecule has 96 valence electrons. The van der Waals surface area contributed by atoms with Gasteiger partial charge in [0.1, 0.15) is 0 Å². The van der Waals surface area contributed by atoms with Crippen molar-refractivity contribution in [3.05, 3.63) is 0 Å². The van der Waals surface area contributed by atoms with Crippen LogP contribution in [0.3, 0.4) is 0 Å². The maximum atomic E-state index is 5.07. The Balaban J connectivity index is 2.24. The summed E-state index contributed by atoms with van der Waals surface area (Å²) in [4.78, 5) is 0. The molecule has 0 aromatic rings. The minimum Gasteiger partial charge on any atom is -0.383 e. The van der Waals surface area contributed by atoms with Crippen LogP contribution in [0.2, 0.25) is 0 Å². The Kier molecular flexibility index (Phi) is 6.37. The summed E-state index contributed by atoms with van der Waals surface area (Å²) < 4.78 is 5.07. The molecule has 1 rings (SSSR count). The first-order chi connectivity index (χ1) is 7.65. The molecule has 2 unspecified atom stereocenters. The molecule has 0 aromatic heterocycles. The lowest BCUT2D eigenvalue weighted by Gasteiger charge is -2.34. The smallest absolute Gasteiger partial charge is 0.0587 e. The average molecular weight is 227 g/mol. The summed E-state index contributed by atoms with van der Waals surface area (Å²) in [7, 11) is 1.76. The van der Waals surface area contributed by atoms with E-state index in [-0.39, 0.29) is 0 Å². The minimum atomic E-state index is 0.619. The van der Waals surface area contributed by atoms with Crippen molar-refractivity contribution < 1.29 is 4.74 Å². The molecule has 0 spiro atoms. The number of hydrogen-bond donors (Lipinski definition) is 1. The first-order valence-electron chi connectivity index (χ1n) is 6.87. The highest BCUT2D eigenvalue weighted by Gasteiger charge is 2.26. The van der Waals surface area contributed by atoms with Gasteiger partial charge in [0, 0.05) is 19.7 Å². The van der Waals surface area contributed by atoms with Crippen LogP contribution in [0, 0.1) is 17.8 Å². The standard InChI is InChI=1S/C14H29NO/c1-11-5-7-14(8-6-11)12(2)13(3)15-9-10-16-4/h11-15H,5-10H2,1-4H3. The van der Waals surface area contributed by atoms with Crippen molar-refractivity contribution in [2.45, 2.75) is 52.5 Å². The molecule has 1 aliphatic carbocycles.